The first-order valence-electron chi connectivity index (χ1n) is 5.37. The molecule has 0 bridgehead atoms. The summed E-state index contributed by atoms with van der Waals surface area (Å²) in [5.41, 5.74) is 0. The zero-order chi connectivity index (χ0) is 12.2. The van der Waals surface area contributed by atoms with Crippen LogP contribution >= 0.6 is 30.9 Å². The molecule has 14 heavy (non-hydrogen) atoms. The van der Waals surface area contributed by atoms with Gasteiger partial charge in [-0.05, 0) is 6.42 Å². The lowest BCUT2D eigenvalue weighted by molar-refractivity contribution is 0.233. The SMILES string of the molecule is [2H]C1([2H])CCNP(=O)(N(CCCl)CCCl)O1. The molecule has 0 aromatic carbocycles. The summed E-state index contributed by atoms with van der Waals surface area (Å²) >= 11 is 11.2. The molecule has 84 valence electrons. The van der Waals surface area contributed by atoms with E-state index in [4.69, 9.17) is 30.5 Å². The summed E-state index contributed by atoms with van der Waals surface area (Å²) < 4.78 is 33.8. The van der Waals surface area contributed by atoms with Gasteiger partial charge >= 0.3 is 7.67 Å². The molecule has 1 N–H and O–H groups in total. The molecule has 1 aliphatic rings. The lowest BCUT2D eigenvalue weighted by Gasteiger charge is -2.33. The molecule has 0 spiro atoms. The van der Waals surface area contributed by atoms with Crippen molar-refractivity contribution in [1.82, 2.24) is 9.76 Å². The highest BCUT2D eigenvalue weighted by molar-refractivity contribution is 7.54. The Morgan fingerprint density at radius 3 is 2.64 bits per heavy atom. The zero-order valence-corrected chi connectivity index (χ0v) is 10.1. The molecular weight excluding hydrogens is 246 g/mol. The van der Waals surface area contributed by atoms with Crippen LogP contribution in [-0.4, -0.2) is 42.6 Å². The van der Waals surface area contributed by atoms with E-state index in [0.29, 0.717) is 19.6 Å². The van der Waals surface area contributed by atoms with Crippen molar-refractivity contribution >= 4 is 30.9 Å². The molecule has 1 fully saturated rings. The van der Waals surface area contributed by atoms with Gasteiger partial charge in [-0.1, -0.05) is 0 Å². The van der Waals surface area contributed by atoms with Gasteiger partial charge in [0.2, 0.25) is 0 Å². The average molecular weight is 263 g/mol. The fraction of sp³-hybridized carbons (Fsp3) is 1.00. The Bertz CT molecular complexity index is 277. The quantitative estimate of drug-likeness (QED) is 0.607. The number of hydrogen-bond donors (Lipinski definition) is 1. The van der Waals surface area contributed by atoms with Gasteiger partial charge < -0.3 is 4.52 Å². The highest BCUT2D eigenvalue weighted by atomic mass is 35.5. The molecule has 1 aliphatic heterocycles. The summed E-state index contributed by atoms with van der Waals surface area (Å²) in [5, 5.41) is 2.72. The predicted octanol–water partition coefficient (Wildman–Crippen LogP) is 1.88. The largest absolute Gasteiger partial charge is 0.343 e. The lowest BCUT2D eigenvalue weighted by atomic mass is 10.5. The van der Waals surface area contributed by atoms with Crippen molar-refractivity contribution in [2.75, 3.05) is 38.0 Å². The van der Waals surface area contributed by atoms with Crippen LogP contribution in [0.25, 0.3) is 0 Å². The molecule has 4 nitrogen and oxygen atoms in total. The molecule has 0 aromatic rings. The van der Waals surface area contributed by atoms with Crippen molar-refractivity contribution in [3.8, 4) is 0 Å². The Kier molecular flexibility index (Phi) is 4.46. The maximum atomic E-state index is 12.4. The Hall–Kier alpha value is 0.690. The molecule has 1 saturated heterocycles. The molecule has 1 atom stereocenters. The molecule has 0 aromatic heterocycles. The van der Waals surface area contributed by atoms with Crippen molar-refractivity contribution in [1.29, 1.82) is 0 Å². The first-order chi connectivity index (χ1) is 7.43. The minimum Gasteiger partial charge on any atom is -0.306 e. The van der Waals surface area contributed by atoms with E-state index < -0.39 is 14.2 Å². The van der Waals surface area contributed by atoms with Crippen molar-refractivity contribution in [3.05, 3.63) is 0 Å². The summed E-state index contributed by atoms with van der Waals surface area (Å²) in [4.78, 5) is 0. The van der Waals surface area contributed by atoms with Crippen LogP contribution in [0.5, 0.6) is 0 Å². The monoisotopic (exact) mass is 262 g/mol. The van der Waals surface area contributed by atoms with E-state index in [0.717, 1.165) is 0 Å². The van der Waals surface area contributed by atoms with E-state index >= 15 is 0 Å². The van der Waals surface area contributed by atoms with Crippen molar-refractivity contribution in [3.63, 3.8) is 0 Å². The van der Waals surface area contributed by atoms with E-state index in [1.54, 1.807) is 0 Å². The van der Waals surface area contributed by atoms with Crippen molar-refractivity contribution in [2.24, 2.45) is 0 Å². The zero-order valence-electron chi connectivity index (χ0n) is 9.71. The topological polar surface area (TPSA) is 41.6 Å². The van der Waals surface area contributed by atoms with Gasteiger partial charge in [0.15, 0.2) is 0 Å². The number of nitrogens with zero attached hydrogens (tertiary/aromatic N) is 1. The van der Waals surface area contributed by atoms with Crippen LogP contribution in [0.2, 0.25) is 0 Å². The van der Waals surface area contributed by atoms with Gasteiger partial charge in [-0.3, -0.25) is 4.57 Å². The minimum absolute atomic E-state index is 0.173. The highest BCUT2D eigenvalue weighted by Gasteiger charge is 2.32. The summed E-state index contributed by atoms with van der Waals surface area (Å²) in [7, 11) is -3.34. The standard InChI is InChI=1S/C7H15Cl2N2O2P/c8-2-5-11(6-3-9)14(12)10-4-1-7-13-14/h1-7H2,(H,10,12)/i7D2. The van der Waals surface area contributed by atoms with E-state index in [2.05, 4.69) is 5.09 Å². The fourth-order valence-corrected chi connectivity index (χ4v) is 3.55. The third kappa shape index (κ3) is 3.37. The number of hydrogen-bond acceptors (Lipinski definition) is 2. The van der Waals surface area contributed by atoms with Crippen LogP contribution in [0.4, 0.5) is 0 Å². The summed E-state index contributed by atoms with van der Waals surface area (Å²) in [5.74, 6) is 0.573. The third-order valence-electron chi connectivity index (χ3n) is 1.78. The molecular formula is C7H15Cl2N2O2P. The molecule has 7 heteroatoms. The van der Waals surface area contributed by atoms with Crippen LogP contribution in [0.3, 0.4) is 0 Å². The smallest absolute Gasteiger partial charge is 0.306 e. The van der Waals surface area contributed by atoms with E-state index in [9.17, 15) is 4.57 Å². The average Bonchev–Trinajstić information content (AvgIpc) is 2.15. The van der Waals surface area contributed by atoms with Crippen LogP contribution in [0.15, 0.2) is 0 Å². The lowest BCUT2D eigenvalue weighted by Crippen LogP contribution is -2.35. The van der Waals surface area contributed by atoms with Crippen LogP contribution < -0.4 is 5.09 Å². The van der Waals surface area contributed by atoms with Crippen LogP contribution in [0, 0.1) is 0 Å². The maximum absolute atomic E-state index is 12.4. The minimum atomic E-state index is -3.34. The number of alkyl halides is 2. The van der Waals surface area contributed by atoms with Crippen LogP contribution in [0.1, 0.15) is 9.16 Å². The highest BCUT2D eigenvalue weighted by Crippen LogP contribution is 2.47. The fourth-order valence-electron chi connectivity index (χ4n) is 1.14. The second-order valence-corrected chi connectivity index (χ2v) is 5.61. The molecule has 0 saturated carbocycles. The Balaban J connectivity index is 2.76. The van der Waals surface area contributed by atoms with E-state index in [1.807, 2.05) is 0 Å². The number of halogens is 2. The molecule has 0 radical (unpaired) electrons. The molecule has 0 amide bonds. The number of nitrogens with one attached hydrogen (secondary N) is 1. The van der Waals surface area contributed by atoms with E-state index in [-0.39, 0.29) is 18.2 Å². The van der Waals surface area contributed by atoms with Gasteiger partial charge in [-0.15, -0.1) is 23.2 Å². The first kappa shape index (κ1) is 9.88. The molecule has 1 heterocycles. The van der Waals surface area contributed by atoms with Crippen molar-refractivity contribution in [2.45, 2.75) is 6.42 Å². The Morgan fingerprint density at radius 2 is 2.14 bits per heavy atom. The molecule has 1 rings (SSSR count). The maximum Gasteiger partial charge on any atom is 0.343 e. The summed E-state index contributed by atoms with van der Waals surface area (Å²) in [6.07, 6.45) is 0.173. The van der Waals surface area contributed by atoms with Crippen molar-refractivity contribution < 1.29 is 11.8 Å². The third-order valence-corrected chi connectivity index (χ3v) is 4.27. The predicted molar refractivity (Wildman–Crippen MR) is 59.2 cm³/mol. The Morgan fingerprint density at radius 1 is 1.50 bits per heavy atom. The molecule has 0 aliphatic carbocycles. The van der Waals surface area contributed by atoms with Gasteiger partial charge in [-0.25, -0.2) is 9.76 Å². The van der Waals surface area contributed by atoms with Crippen LogP contribution in [-0.2, 0) is 9.09 Å². The van der Waals surface area contributed by atoms with Gasteiger partial charge in [0.1, 0.15) is 0 Å². The molecule has 1 unspecified atom stereocenters. The van der Waals surface area contributed by atoms with Gasteiger partial charge in [0.05, 0.1) is 9.30 Å². The first-order valence-corrected chi connectivity index (χ1v) is 7.01. The second-order valence-electron chi connectivity index (χ2n) is 2.75. The summed E-state index contributed by atoms with van der Waals surface area (Å²) in [6, 6.07) is 0. The second kappa shape index (κ2) is 6.31. The Labute approximate surface area is 97.3 Å². The van der Waals surface area contributed by atoms with E-state index in [1.165, 1.54) is 4.67 Å². The number of rotatable bonds is 5. The van der Waals surface area contributed by atoms with Gasteiger partial charge in [0.25, 0.3) is 0 Å². The van der Waals surface area contributed by atoms with Gasteiger partial charge in [-0.2, -0.15) is 0 Å². The van der Waals surface area contributed by atoms with Gasteiger partial charge in [0, 0.05) is 31.4 Å². The normalized spacial score (nSPS) is 33.9. The summed E-state index contributed by atoms with van der Waals surface area (Å²) in [6.45, 7) is -0.869.